The topological polar surface area (TPSA) is 103 Å². The number of alkyl halides is 3. The van der Waals surface area contributed by atoms with Crippen molar-refractivity contribution in [1.29, 1.82) is 0 Å². The highest BCUT2D eigenvalue weighted by atomic mass is 32.2. The monoisotopic (exact) mass is 474 g/mol. The van der Waals surface area contributed by atoms with Crippen LogP contribution in [-0.2, 0) is 19.6 Å². The number of methoxy groups -OCH3 is 1. The summed E-state index contributed by atoms with van der Waals surface area (Å²) in [5.41, 5.74) is 0.187. The number of hydrogen-bond donors (Lipinski definition) is 2. The zero-order valence-electron chi connectivity index (χ0n) is 17.1. The van der Waals surface area contributed by atoms with Crippen LogP contribution in [0, 0.1) is 5.92 Å². The number of anilines is 2. The van der Waals surface area contributed by atoms with Crippen molar-refractivity contribution in [2.24, 2.45) is 5.92 Å². The molecule has 1 unspecified atom stereocenters. The van der Waals surface area contributed by atoms with Crippen molar-refractivity contribution in [3.63, 3.8) is 0 Å². The Morgan fingerprint density at radius 1 is 1.16 bits per heavy atom. The van der Waals surface area contributed by atoms with Gasteiger partial charge >= 0.3 is 6.36 Å². The minimum atomic E-state index is -4.91. The molecule has 1 amide bonds. The second-order valence-electron chi connectivity index (χ2n) is 7.01. The average Bonchev–Trinajstić information content (AvgIpc) is 3.12. The van der Waals surface area contributed by atoms with Gasteiger partial charge in [0.25, 0.3) is 10.0 Å². The predicted molar refractivity (Wildman–Crippen MR) is 109 cm³/mol. The number of amides is 1. The number of carbonyl (C=O) groups excluding carboxylic acids is 1. The Balaban J connectivity index is 1.79. The number of carbonyl (C=O) groups is 1. The molecule has 12 heteroatoms. The van der Waals surface area contributed by atoms with Crippen LogP contribution >= 0.6 is 0 Å². The maximum Gasteiger partial charge on any atom is 0.573 e. The number of hydrogen-bond acceptors (Lipinski definition) is 6. The number of halogens is 3. The highest BCUT2D eigenvalue weighted by Crippen LogP contribution is 2.31. The van der Waals surface area contributed by atoms with Crippen molar-refractivity contribution in [3.8, 4) is 11.5 Å². The lowest BCUT2D eigenvalue weighted by Crippen LogP contribution is -2.27. The van der Waals surface area contributed by atoms with E-state index in [0.717, 1.165) is 12.1 Å². The molecule has 174 valence electrons. The lowest BCUT2D eigenvalue weighted by molar-refractivity contribution is -0.274. The minimum absolute atomic E-state index is 0.0614. The van der Waals surface area contributed by atoms with Gasteiger partial charge in [-0.1, -0.05) is 6.07 Å². The van der Waals surface area contributed by atoms with Gasteiger partial charge in [-0.3, -0.25) is 9.52 Å². The first kappa shape index (κ1) is 23.7. The number of nitrogens with one attached hydrogen (secondary N) is 2. The molecule has 2 aromatic rings. The van der Waals surface area contributed by atoms with Crippen LogP contribution in [0.25, 0.3) is 0 Å². The van der Waals surface area contributed by atoms with Gasteiger partial charge in [-0.25, -0.2) is 8.42 Å². The van der Waals surface area contributed by atoms with Gasteiger partial charge in [-0.2, -0.15) is 0 Å². The summed E-state index contributed by atoms with van der Waals surface area (Å²) < 4.78 is 79.4. The van der Waals surface area contributed by atoms with Crippen LogP contribution in [0.4, 0.5) is 24.5 Å². The molecule has 0 bridgehead atoms. The second kappa shape index (κ2) is 9.25. The summed E-state index contributed by atoms with van der Waals surface area (Å²) >= 11 is 0. The average molecular weight is 474 g/mol. The van der Waals surface area contributed by atoms with E-state index in [1.165, 1.54) is 37.4 Å². The van der Waals surface area contributed by atoms with Crippen LogP contribution in [0.2, 0.25) is 0 Å². The lowest BCUT2D eigenvalue weighted by atomic mass is 10.0. The standard InChI is InChI=1S/C20H21F3N2O6S/c1-12-16(8-9-30-12)19(26)24-13-6-7-18(17(11-13)29-2)32(27,28)25-14-4-3-5-15(10-14)31-20(21,22)23/h3-7,10-12,16,25H,8-9H2,1-2H3,(H,24,26)/t12-,16?/m1/s1. The van der Waals surface area contributed by atoms with Crippen LogP contribution in [0.5, 0.6) is 11.5 Å². The largest absolute Gasteiger partial charge is 0.573 e. The fourth-order valence-electron chi connectivity index (χ4n) is 3.25. The molecule has 1 saturated heterocycles. The zero-order valence-corrected chi connectivity index (χ0v) is 17.9. The summed E-state index contributed by atoms with van der Waals surface area (Å²) in [4.78, 5) is 12.2. The Bertz CT molecular complexity index is 1090. The molecule has 0 radical (unpaired) electrons. The Morgan fingerprint density at radius 2 is 1.91 bits per heavy atom. The first-order valence-corrected chi connectivity index (χ1v) is 11.0. The number of benzene rings is 2. The fraction of sp³-hybridized carbons (Fsp3) is 0.350. The molecule has 0 aromatic heterocycles. The summed E-state index contributed by atoms with van der Waals surface area (Å²) in [7, 11) is -2.98. The molecule has 1 fully saturated rings. The van der Waals surface area contributed by atoms with Crippen LogP contribution in [0.15, 0.2) is 47.4 Å². The fourth-order valence-corrected chi connectivity index (χ4v) is 4.45. The van der Waals surface area contributed by atoms with Crippen molar-refractivity contribution >= 4 is 27.3 Å². The highest BCUT2D eigenvalue weighted by molar-refractivity contribution is 7.92. The number of rotatable bonds is 7. The zero-order chi connectivity index (χ0) is 23.5. The third kappa shape index (κ3) is 5.82. The third-order valence-corrected chi connectivity index (χ3v) is 6.17. The number of ether oxygens (including phenoxy) is 3. The smallest absolute Gasteiger partial charge is 0.495 e. The molecule has 0 saturated carbocycles. The van der Waals surface area contributed by atoms with Gasteiger partial charge in [0, 0.05) is 24.4 Å². The van der Waals surface area contributed by atoms with E-state index in [2.05, 4.69) is 14.8 Å². The molecule has 32 heavy (non-hydrogen) atoms. The first-order valence-electron chi connectivity index (χ1n) is 9.47. The molecule has 1 aliphatic heterocycles. The Kier molecular flexibility index (Phi) is 6.84. The van der Waals surface area contributed by atoms with Crippen LogP contribution in [0.1, 0.15) is 13.3 Å². The molecular formula is C20H21F3N2O6S. The molecule has 2 atom stereocenters. The van der Waals surface area contributed by atoms with E-state index in [1.807, 2.05) is 0 Å². The quantitative estimate of drug-likeness (QED) is 0.634. The third-order valence-electron chi connectivity index (χ3n) is 4.75. The Hall–Kier alpha value is -2.99. The van der Waals surface area contributed by atoms with Gasteiger partial charge in [0.1, 0.15) is 16.4 Å². The minimum Gasteiger partial charge on any atom is -0.495 e. The van der Waals surface area contributed by atoms with Gasteiger partial charge in [0.15, 0.2) is 0 Å². The van der Waals surface area contributed by atoms with Crippen LogP contribution in [-0.4, -0.2) is 40.5 Å². The van der Waals surface area contributed by atoms with E-state index in [-0.39, 0.29) is 34.3 Å². The molecule has 0 aliphatic carbocycles. The summed E-state index contributed by atoms with van der Waals surface area (Å²) in [6.07, 6.45) is -4.56. The normalized spacial score (nSPS) is 18.8. The second-order valence-corrected chi connectivity index (χ2v) is 8.66. The van der Waals surface area contributed by atoms with E-state index in [0.29, 0.717) is 18.7 Å². The van der Waals surface area contributed by atoms with Crippen molar-refractivity contribution in [2.75, 3.05) is 23.8 Å². The summed E-state index contributed by atoms with van der Waals surface area (Å²) in [6.45, 7) is 2.29. The van der Waals surface area contributed by atoms with Gasteiger partial charge in [-0.15, -0.1) is 13.2 Å². The Labute approximate surface area is 182 Å². The van der Waals surface area contributed by atoms with E-state index in [9.17, 15) is 26.4 Å². The SMILES string of the molecule is COc1cc(NC(=O)C2CCO[C@@H]2C)ccc1S(=O)(=O)Nc1cccc(OC(F)(F)F)c1. The molecule has 1 aliphatic rings. The van der Waals surface area contributed by atoms with Crippen LogP contribution < -0.4 is 19.5 Å². The van der Waals surface area contributed by atoms with E-state index in [4.69, 9.17) is 9.47 Å². The van der Waals surface area contributed by atoms with E-state index in [1.54, 1.807) is 6.92 Å². The summed E-state index contributed by atoms with van der Waals surface area (Å²) in [5, 5.41) is 2.71. The highest BCUT2D eigenvalue weighted by Gasteiger charge is 2.32. The first-order chi connectivity index (χ1) is 15.0. The lowest BCUT2D eigenvalue weighted by Gasteiger charge is -2.16. The predicted octanol–water partition coefficient (Wildman–Crippen LogP) is 3.76. The van der Waals surface area contributed by atoms with Gasteiger partial charge in [-0.05, 0) is 37.6 Å². The molecule has 0 spiro atoms. The van der Waals surface area contributed by atoms with E-state index >= 15 is 0 Å². The maximum absolute atomic E-state index is 12.8. The van der Waals surface area contributed by atoms with Crippen molar-refractivity contribution < 1.29 is 40.6 Å². The van der Waals surface area contributed by atoms with Crippen molar-refractivity contribution in [3.05, 3.63) is 42.5 Å². The molecule has 1 heterocycles. The molecule has 3 rings (SSSR count). The van der Waals surface area contributed by atoms with Gasteiger partial charge in [0.05, 0.1) is 24.8 Å². The Morgan fingerprint density at radius 3 is 2.53 bits per heavy atom. The van der Waals surface area contributed by atoms with Crippen molar-refractivity contribution in [1.82, 2.24) is 0 Å². The molecular weight excluding hydrogens is 453 g/mol. The van der Waals surface area contributed by atoms with Gasteiger partial charge < -0.3 is 19.5 Å². The maximum atomic E-state index is 12.8. The van der Waals surface area contributed by atoms with Crippen LogP contribution in [0.3, 0.4) is 0 Å². The molecule has 2 N–H and O–H groups in total. The molecule has 2 aromatic carbocycles. The number of sulfonamides is 1. The van der Waals surface area contributed by atoms with Crippen molar-refractivity contribution in [2.45, 2.75) is 30.7 Å². The molecule has 8 nitrogen and oxygen atoms in total. The van der Waals surface area contributed by atoms with E-state index < -0.39 is 22.1 Å². The summed E-state index contributed by atoms with van der Waals surface area (Å²) in [6, 6.07) is 8.38. The van der Waals surface area contributed by atoms with Gasteiger partial charge in [0.2, 0.25) is 5.91 Å². The summed E-state index contributed by atoms with van der Waals surface area (Å²) in [5.74, 6) is -1.22.